The van der Waals surface area contributed by atoms with E-state index < -0.39 is 0 Å². The number of benzene rings is 2. The maximum Gasteiger partial charge on any atom is 0.309 e. The van der Waals surface area contributed by atoms with Gasteiger partial charge in [-0.05, 0) is 30.2 Å². The molecule has 0 fully saturated rings. The van der Waals surface area contributed by atoms with E-state index in [9.17, 15) is 4.79 Å². The molecule has 3 rings (SSSR count). The molecule has 0 saturated heterocycles. The largest absolute Gasteiger partial charge is 0.491 e. The average Bonchev–Trinajstić information content (AvgIpc) is 2.53. The van der Waals surface area contributed by atoms with Crippen molar-refractivity contribution in [1.29, 1.82) is 0 Å². The number of fused-ring (bicyclic) bond motifs is 1. The number of nitrogens with zero attached hydrogens (tertiary/aromatic N) is 2. The van der Waals surface area contributed by atoms with Gasteiger partial charge in [-0.15, -0.1) is 0 Å². The van der Waals surface area contributed by atoms with E-state index in [1.165, 1.54) is 11.8 Å². The molecule has 0 amide bonds. The molecule has 3 aromatic rings. The fraction of sp³-hybridized carbons (Fsp3) is 0.222. The fourth-order valence-corrected chi connectivity index (χ4v) is 2.67. The van der Waals surface area contributed by atoms with Crippen molar-refractivity contribution in [3.63, 3.8) is 0 Å². The quantitative estimate of drug-likeness (QED) is 0.740. The van der Waals surface area contributed by atoms with Gasteiger partial charge in [-0.25, -0.2) is 4.68 Å². The third-order valence-corrected chi connectivity index (χ3v) is 3.73. The summed E-state index contributed by atoms with van der Waals surface area (Å²) in [6, 6.07) is 14.1. The topological polar surface area (TPSA) is 44.1 Å². The molecule has 0 bridgehead atoms. The minimum atomic E-state index is -0.206. The van der Waals surface area contributed by atoms with Crippen LogP contribution in [0, 0.1) is 0 Å². The van der Waals surface area contributed by atoms with Crippen molar-refractivity contribution in [2.75, 3.05) is 7.11 Å². The van der Waals surface area contributed by atoms with Gasteiger partial charge in [0.15, 0.2) is 5.75 Å². The van der Waals surface area contributed by atoms with Crippen LogP contribution in [-0.2, 0) is 0 Å². The zero-order valence-corrected chi connectivity index (χ0v) is 12.9. The van der Waals surface area contributed by atoms with Crippen LogP contribution in [0.15, 0.2) is 53.5 Å². The highest BCUT2D eigenvalue weighted by molar-refractivity contribution is 5.97. The summed E-state index contributed by atoms with van der Waals surface area (Å²) in [6.45, 7) is 3.84. The molecule has 1 heterocycles. The second-order valence-electron chi connectivity index (χ2n) is 5.46. The van der Waals surface area contributed by atoms with E-state index in [0.717, 1.165) is 21.9 Å². The van der Waals surface area contributed by atoms with Gasteiger partial charge < -0.3 is 4.74 Å². The first-order valence-electron chi connectivity index (χ1n) is 7.27. The number of ether oxygens (including phenoxy) is 1. The molecular weight excluding hydrogens is 276 g/mol. The first-order chi connectivity index (χ1) is 10.6. The van der Waals surface area contributed by atoms with Crippen LogP contribution in [0.2, 0.25) is 0 Å². The summed E-state index contributed by atoms with van der Waals surface area (Å²) in [5.41, 5.74) is 1.47. The monoisotopic (exact) mass is 294 g/mol. The third kappa shape index (κ3) is 2.26. The van der Waals surface area contributed by atoms with Gasteiger partial charge >= 0.3 is 5.56 Å². The predicted molar refractivity (Wildman–Crippen MR) is 88.4 cm³/mol. The Kier molecular flexibility index (Phi) is 3.67. The molecule has 0 aliphatic carbocycles. The molecule has 0 aliphatic rings. The van der Waals surface area contributed by atoms with Crippen LogP contribution >= 0.6 is 0 Å². The van der Waals surface area contributed by atoms with Gasteiger partial charge in [-0.1, -0.05) is 42.5 Å². The SMILES string of the molecule is COc1c(-c2cccc3ccccc23)cnn(C(C)C)c1=O. The summed E-state index contributed by atoms with van der Waals surface area (Å²) in [4.78, 5) is 12.5. The van der Waals surface area contributed by atoms with Crippen molar-refractivity contribution >= 4 is 10.8 Å². The van der Waals surface area contributed by atoms with Gasteiger partial charge in [0.2, 0.25) is 0 Å². The summed E-state index contributed by atoms with van der Waals surface area (Å²) in [5, 5.41) is 6.49. The molecule has 0 radical (unpaired) electrons. The molecule has 0 aliphatic heterocycles. The highest BCUT2D eigenvalue weighted by Gasteiger charge is 2.16. The third-order valence-electron chi connectivity index (χ3n) is 3.73. The summed E-state index contributed by atoms with van der Waals surface area (Å²) in [7, 11) is 1.52. The van der Waals surface area contributed by atoms with Gasteiger partial charge in [0.1, 0.15) is 0 Å². The standard InChI is InChI=1S/C18H18N2O2/c1-12(2)20-18(21)17(22-3)16(11-19-20)15-10-6-8-13-7-4-5-9-14(13)15/h4-12H,1-3H3. The van der Waals surface area contributed by atoms with Crippen molar-refractivity contribution in [3.05, 3.63) is 59.0 Å². The summed E-state index contributed by atoms with van der Waals surface area (Å²) < 4.78 is 6.83. The van der Waals surface area contributed by atoms with Crippen molar-refractivity contribution < 1.29 is 4.74 Å². The number of rotatable bonds is 3. The van der Waals surface area contributed by atoms with Crippen molar-refractivity contribution in [2.24, 2.45) is 0 Å². The lowest BCUT2D eigenvalue weighted by atomic mass is 9.99. The highest BCUT2D eigenvalue weighted by atomic mass is 16.5. The normalized spacial score (nSPS) is 11.1. The van der Waals surface area contributed by atoms with Crippen molar-refractivity contribution in [1.82, 2.24) is 9.78 Å². The van der Waals surface area contributed by atoms with Crippen LogP contribution in [0.4, 0.5) is 0 Å². The Bertz CT molecular complexity index is 876. The van der Waals surface area contributed by atoms with Gasteiger partial charge in [0, 0.05) is 0 Å². The molecule has 22 heavy (non-hydrogen) atoms. The van der Waals surface area contributed by atoms with E-state index in [1.54, 1.807) is 6.20 Å². The maximum absolute atomic E-state index is 12.5. The Morgan fingerprint density at radius 2 is 1.77 bits per heavy atom. The van der Waals surface area contributed by atoms with Crippen molar-refractivity contribution in [3.8, 4) is 16.9 Å². The Balaban J connectivity index is 2.32. The van der Waals surface area contributed by atoms with Crippen molar-refractivity contribution in [2.45, 2.75) is 19.9 Å². The molecule has 112 valence electrons. The molecule has 4 nitrogen and oxygen atoms in total. The second-order valence-corrected chi connectivity index (χ2v) is 5.46. The number of hydrogen-bond donors (Lipinski definition) is 0. The Labute approximate surface area is 129 Å². The molecule has 1 aromatic heterocycles. The molecule has 0 N–H and O–H groups in total. The fourth-order valence-electron chi connectivity index (χ4n) is 2.67. The molecule has 0 atom stereocenters. The van der Waals surface area contributed by atoms with Crippen LogP contribution in [0.25, 0.3) is 21.9 Å². The van der Waals surface area contributed by atoms with Crippen LogP contribution in [0.3, 0.4) is 0 Å². The molecule has 0 saturated carbocycles. The predicted octanol–water partition coefficient (Wildman–Crippen LogP) is 3.65. The summed E-state index contributed by atoms with van der Waals surface area (Å²) in [6.07, 6.45) is 1.71. The van der Waals surface area contributed by atoms with E-state index in [2.05, 4.69) is 5.10 Å². The van der Waals surface area contributed by atoms with Gasteiger partial charge in [0.25, 0.3) is 0 Å². The molecule has 0 spiro atoms. The summed E-state index contributed by atoms with van der Waals surface area (Å²) in [5.74, 6) is 0.333. The lowest BCUT2D eigenvalue weighted by molar-refractivity contribution is 0.391. The molecule has 2 aromatic carbocycles. The summed E-state index contributed by atoms with van der Waals surface area (Å²) >= 11 is 0. The minimum absolute atomic E-state index is 0.0111. The highest BCUT2D eigenvalue weighted by Crippen LogP contribution is 2.32. The van der Waals surface area contributed by atoms with E-state index >= 15 is 0 Å². The van der Waals surface area contributed by atoms with Crippen LogP contribution in [-0.4, -0.2) is 16.9 Å². The number of hydrogen-bond acceptors (Lipinski definition) is 3. The maximum atomic E-state index is 12.5. The lowest BCUT2D eigenvalue weighted by Gasteiger charge is -2.14. The Morgan fingerprint density at radius 1 is 1.05 bits per heavy atom. The first-order valence-corrected chi connectivity index (χ1v) is 7.27. The zero-order valence-electron chi connectivity index (χ0n) is 12.9. The Morgan fingerprint density at radius 3 is 2.50 bits per heavy atom. The van der Waals surface area contributed by atoms with Gasteiger partial charge in [0.05, 0.1) is 24.9 Å². The molecular formula is C18H18N2O2. The van der Waals surface area contributed by atoms with Gasteiger partial charge in [-0.2, -0.15) is 5.10 Å². The molecule has 0 unspecified atom stereocenters. The second kappa shape index (κ2) is 5.64. The smallest absolute Gasteiger partial charge is 0.309 e. The van der Waals surface area contributed by atoms with Crippen LogP contribution in [0.5, 0.6) is 5.75 Å². The van der Waals surface area contributed by atoms with E-state index in [-0.39, 0.29) is 11.6 Å². The first kappa shape index (κ1) is 14.3. The minimum Gasteiger partial charge on any atom is -0.491 e. The average molecular weight is 294 g/mol. The van der Waals surface area contributed by atoms with Crippen LogP contribution < -0.4 is 10.3 Å². The van der Waals surface area contributed by atoms with Gasteiger partial charge in [-0.3, -0.25) is 4.79 Å². The molecule has 4 heteroatoms. The van der Waals surface area contributed by atoms with Crippen LogP contribution in [0.1, 0.15) is 19.9 Å². The lowest BCUT2D eigenvalue weighted by Crippen LogP contribution is -2.26. The number of methoxy groups -OCH3 is 1. The van der Waals surface area contributed by atoms with E-state index in [1.807, 2.05) is 56.3 Å². The van der Waals surface area contributed by atoms with E-state index in [0.29, 0.717) is 5.75 Å². The number of aromatic nitrogens is 2. The zero-order chi connectivity index (χ0) is 15.7. The van der Waals surface area contributed by atoms with E-state index in [4.69, 9.17) is 4.74 Å². The Hall–Kier alpha value is -2.62.